The van der Waals surface area contributed by atoms with Gasteiger partial charge in [0, 0.05) is 12.0 Å². The van der Waals surface area contributed by atoms with E-state index in [-0.39, 0.29) is 41.0 Å². The van der Waals surface area contributed by atoms with E-state index in [2.05, 4.69) is 15.5 Å². The minimum absolute atomic E-state index is 0.0287. The van der Waals surface area contributed by atoms with Crippen LogP contribution in [0.2, 0.25) is 0 Å². The molecule has 2 aromatic rings. The van der Waals surface area contributed by atoms with Crippen LogP contribution in [0.4, 0.5) is 10.8 Å². The second-order valence-electron chi connectivity index (χ2n) is 6.41. The Bertz CT molecular complexity index is 987. The zero-order chi connectivity index (χ0) is 21.3. The molecule has 0 atom stereocenters. The molecule has 3 rings (SSSR count). The highest BCUT2D eigenvalue weighted by molar-refractivity contribution is 7.15. The highest BCUT2D eigenvalue weighted by atomic mass is 32.1. The Kier molecular flexibility index (Phi) is 5.69. The van der Waals surface area contributed by atoms with Gasteiger partial charge in [-0.15, -0.1) is 10.2 Å². The maximum absolute atomic E-state index is 12.6. The third-order valence-electron chi connectivity index (χ3n) is 4.25. The number of nitrogens with one attached hydrogen (secondary N) is 1. The summed E-state index contributed by atoms with van der Waals surface area (Å²) in [7, 11) is 4.17. The largest absolute Gasteiger partial charge is 0.493 e. The normalized spacial score (nSPS) is 13.0. The smallest absolute Gasteiger partial charge is 0.300 e. The van der Waals surface area contributed by atoms with Gasteiger partial charge >= 0.3 is 0 Å². The first-order valence-electron chi connectivity index (χ1n) is 8.64. The second-order valence-corrected chi connectivity index (χ2v) is 7.42. The predicted octanol–water partition coefficient (Wildman–Crippen LogP) is 1.86. The summed E-state index contributed by atoms with van der Waals surface area (Å²) in [6.07, 6.45) is 0. The summed E-state index contributed by atoms with van der Waals surface area (Å²) >= 11 is 1.25. The number of hydrogen-bond acceptors (Lipinski definition) is 9. The molecular weight excluding hydrogens is 400 g/mol. The highest BCUT2D eigenvalue weighted by Gasteiger charge is 2.42. The van der Waals surface area contributed by atoms with Gasteiger partial charge in [-0.25, -0.2) is 0 Å². The number of hydrogen-bond donors (Lipinski definition) is 1. The van der Waals surface area contributed by atoms with Crippen molar-refractivity contribution in [3.8, 4) is 17.2 Å². The van der Waals surface area contributed by atoms with Crippen LogP contribution in [-0.2, 0) is 9.59 Å². The Balaban J connectivity index is 1.91. The van der Waals surface area contributed by atoms with Gasteiger partial charge in [-0.2, -0.15) is 0 Å². The van der Waals surface area contributed by atoms with Crippen molar-refractivity contribution in [1.82, 2.24) is 10.2 Å². The Hall–Kier alpha value is -3.21. The summed E-state index contributed by atoms with van der Waals surface area (Å²) in [4.78, 5) is 38.6. The first-order chi connectivity index (χ1) is 13.8. The lowest BCUT2D eigenvalue weighted by molar-refractivity contribution is -0.118. The molecule has 0 saturated carbocycles. The van der Waals surface area contributed by atoms with Gasteiger partial charge < -0.3 is 14.2 Å². The van der Waals surface area contributed by atoms with E-state index in [0.29, 0.717) is 5.13 Å². The van der Waals surface area contributed by atoms with Crippen molar-refractivity contribution in [3.05, 3.63) is 16.6 Å². The monoisotopic (exact) mass is 420 g/mol. The molecule has 0 radical (unpaired) electrons. The number of fused-ring (bicyclic) bond motifs is 1. The van der Waals surface area contributed by atoms with E-state index in [4.69, 9.17) is 14.2 Å². The van der Waals surface area contributed by atoms with Crippen LogP contribution >= 0.6 is 11.3 Å². The standard InChI is InChI=1S/C18H20N4O6S/c1-8(2)16-20-21-18(29-16)19-11(23)7-22-9-6-10(26-3)14(27-4)15(28-5)12(9)13(24)17(22)25/h6,8H,7H2,1-5H3,(H,19,21,23). The van der Waals surface area contributed by atoms with Crippen LogP contribution in [0, 0.1) is 0 Å². The molecular formula is C18H20N4O6S. The SMILES string of the molecule is COc1cc2c(c(OC)c1OC)C(=O)C(=O)N2CC(=O)Nc1nnc(C(C)C)s1. The molecule has 11 heteroatoms. The zero-order valence-corrected chi connectivity index (χ0v) is 17.4. The van der Waals surface area contributed by atoms with Gasteiger partial charge in [0.1, 0.15) is 11.6 Å². The second kappa shape index (κ2) is 8.03. The van der Waals surface area contributed by atoms with Crippen LogP contribution in [0.3, 0.4) is 0 Å². The van der Waals surface area contributed by atoms with E-state index in [0.717, 1.165) is 9.91 Å². The quantitative estimate of drug-likeness (QED) is 0.674. The van der Waals surface area contributed by atoms with Crippen LogP contribution in [-0.4, -0.2) is 55.7 Å². The van der Waals surface area contributed by atoms with Gasteiger partial charge in [0.25, 0.3) is 11.7 Å². The van der Waals surface area contributed by atoms with E-state index < -0.39 is 17.6 Å². The number of anilines is 2. The summed E-state index contributed by atoms with van der Waals surface area (Å²) in [6, 6.07) is 1.47. The summed E-state index contributed by atoms with van der Waals surface area (Å²) in [5, 5.41) is 11.6. The first kappa shape index (κ1) is 20.5. The van der Waals surface area contributed by atoms with Crippen LogP contribution in [0.15, 0.2) is 6.07 Å². The topological polar surface area (TPSA) is 120 Å². The minimum atomic E-state index is -0.844. The molecule has 0 spiro atoms. The number of benzene rings is 1. The molecule has 0 aliphatic carbocycles. The zero-order valence-electron chi connectivity index (χ0n) is 16.6. The van der Waals surface area contributed by atoms with Gasteiger partial charge in [-0.3, -0.25) is 24.6 Å². The maximum atomic E-state index is 12.6. The van der Waals surface area contributed by atoms with E-state index in [1.54, 1.807) is 0 Å². The number of rotatable bonds is 7. The summed E-state index contributed by atoms with van der Waals surface area (Å²) in [5.41, 5.74) is 0.241. The molecule has 154 valence electrons. The third-order valence-corrected chi connectivity index (χ3v) is 5.39. The first-order valence-corrected chi connectivity index (χ1v) is 9.46. The van der Waals surface area contributed by atoms with Crippen molar-refractivity contribution in [2.45, 2.75) is 19.8 Å². The number of Topliss-reactive ketones (excluding diaryl/α,β-unsaturated/α-hetero) is 1. The molecule has 2 heterocycles. The fraction of sp³-hybridized carbons (Fsp3) is 0.389. The predicted molar refractivity (Wildman–Crippen MR) is 105 cm³/mol. The molecule has 1 aromatic carbocycles. The fourth-order valence-electron chi connectivity index (χ4n) is 2.89. The molecule has 0 saturated heterocycles. The highest BCUT2D eigenvalue weighted by Crippen LogP contribution is 2.47. The number of carbonyl (C=O) groups is 3. The van der Waals surface area contributed by atoms with E-state index in [1.165, 1.54) is 38.7 Å². The van der Waals surface area contributed by atoms with E-state index in [9.17, 15) is 14.4 Å². The van der Waals surface area contributed by atoms with Crippen molar-refractivity contribution in [2.24, 2.45) is 0 Å². The number of nitrogens with zero attached hydrogens (tertiary/aromatic N) is 3. The van der Waals surface area contributed by atoms with Gasteiger partial charge in [-0.05, 0) is 0 Å². The Labute approximate surface area is 170 Å². The summed E-state index contributed by atoms with van der Waals surface area (Å²) < 4.78 is 15.8. The average Bonchev–Trinajstić information content (AvgIpc) is 3.25. The number of ether oxygens (including phenoxy) is 3. The van der Waals surface area contributed by atoms with Crippen LogP contribution in [0.25, 0.3) is 0 Å². The van der Waals surface area contributed by atoms with Gasteiger partial charge in [0.05, 0.1) is 32.6 Å². The molecule has 1 N–H and O–H groups in total. The molecule has 29 heavy (non-hydrogen) atoms. The van der Waals surface area contributed by atoms with Gasteiger partial charge in [0.2, 0.25) is 16.8 Å². The Morgan fingerprint density at radius 2 is 1.83 bits per heavy atom. The lowest BCUT2D eigenvalue weighted by Crippen LogP contribution is -2.37. The molecule has 1 aromatic heterocycles. The number of ketones is 1. The molecule has 1 aliphatic heterocycles. The maximum Gasteiger partial charge on any atom is 0.300 e. The van der Waals surface area contributed by atoms with Crippen LogP contribution in [0.1, 0.15) is 35.1 Å². The molecule has 2 amide bonds. The Morgan fingerprint density at radius 3 is 2.38 bits per heavy atom. The minimum Gasteiger partial charge on any atom is -0.493 e. The number of methoxy groups -OCH3 is 3. The summed E-state index contributed by atoms with van der Waals surface area (Å²) in [5.74, 6) is -1.43. The lowest BCUT2D eigenvalue weighted by atomic mass is 10.1. The third kappa shape index (κ3) is 3.60. The number of aromatic nitrogens is 2. The van der Waals surface area contributed by atoms with E-state index in [1.807, 2.05) is 13.8 Å². The van der Waals surface area contributed by atoms with E-state index >= 15 is 0 Å². The van der Waals surface area contributed by atoms with Crippen molar-refractivity contribution < 1.29 is 28.6 Å². The van der Waals surface area contributed by atoms with Gasteiger partial charge in [-0.1, -0.05) is 25.2 Å². The number of carbonyl (C=O) groups excluding carboxylic acids is 3. The molecule has 0 fully saturated rings. The van der Waals surface area contributed by atoms with Crippen molar-refractivity contribution in [3.63, 3.8) is 0 Å². The van der Waals surface area contributed by atoms with Crippen molar-refractivity contribution >= 4 is 39.8 Å². The Morgan fingerprint density at radius 1 is 1.14 bits per heavy atom. The molecule has 1 aliphatic rings. The van der Waals surface area contributed by atoms with Crippen LogP contribution < -0.4 is 24.4 Å². The lowest BCUT2D eigenvalue weighted by Gasteiger charge is -2.19. The van der Waals surface area contributed by atoms with Crippen LogP contribution in [0.5, 0.6) is 17.2 Å². The molecule has 0 bridgehead atoms. The average molecular weight is 420 g/mol. The van der Waals surface area contributed by atoms with Crippen molar-refractivity contribution in [2.75, 3.05) is 38.1 Å². The summed E-state index contributed by atoms with van der Waals surface area (Å²) in [6.45, 7) is 3.55. The molecule has 0 unspecified atom stereocenters. The number of amides is 2. The van der Waals surface area contributed by atoms with Gasteiger partial charge in [0.15, 0.2) is 11.5 Å². The molecule has 10 nitrogen and oxygen atoms in total. The fourth-order valence-corrected chi connectivity index (χ4v) is 3.65. The van der Waals surface area contributed by atoms with Crippen molar-refractivity contribution in [1.29, 1.82) is 0 Å².